The van der Waals surface area contributed by atoms with Crippen molar-refractivity contribution < 1.29 is 14.2 Å². The Morgan fingerprint density at radius 3 is 0.873 bits per heavy atom. The van der Waals surface area contributed by atoms with Gasteiger partial charge in [0, 0.05) is 18.2 Å². The molecule has 0 spiro atoms. The van der Waals surface area contributed by atoms with Crippen molar-refractivity contribution in [1.82, 2.24) is 4.90 Å². The van der Waals surface area contributed by atoms with E-state index in [-0.39, 0.29) is 0 Å². The van der Waals surface area contributed by atoms with E-state index < -0.39 is 0 Å². The normalized spacial score (nSPS) is 14.3. The highest BCUT2D eigenvalue weighted by atomic mass is 16.5. The van der Waals surface area contributed by atoms with Crippen LogP contribution in [-0.2, 0) is 0 Å². The van der Waals surface area contributed by atoms with Crippen LogP contribution in [0.15, 0.2) is 12.1 Å². The highest BCUT2D eigenvalue weighted by Crippen LogP contribution is 2.44. The van der Waals surface area contributed by atoms with Crippen molar-refractivity contribution in [2.75, 3.05) is 33.4 Å². The summed E-state index contributed by atoms with van der Waals surface area (Å²) in [6, 6.07) is 4.78. The van der Waals surface area contributed by atoms with Gasteiger partial charge in [-0.25, -0.2) is 0 Å². The van der Waals surface area contributed by atoms with Crippen LogP contribution in [0.4, 0.5) is 0 Å². The Bertz CT molecular complexity index is 1040. The minimum Gasteiger partial charge on any atom is -0.493 e. The molecule has 0 amide bonds. The predicted molar refractivity (Wildman–Crippen MR) is 278 cm³/mol. The molecule has 4 nitrogen and oxygen atoms in total. The maximum absolute atomic E-state index is 6.76. The van der Waals surface area contributed by atoms with Crippen LogP contribution in [0.1, 0.15) is 315 Å². The number of unbranched alkanes of at least 4 members (excludes halogenated alkanes) is 39. The summed E-state index contributed by atoms with van der Waals surface area (Å²) < 4.78 is 20.0. The van der Waals surface area contributed by atoms with Crippen molar-refractivity contribution in [2.45, 2.75) is 309 Å². The highest BCUT2D eigenvalue weighted by Gasteiger charge is 2.30. The second-order valence-corrected chi connectivity index (χ2v) is 20.3. The molecule has 0 saturated carbocycles. The number of rotatable bonds is 49. The molecule has 0 radical (unpaired) electrons. The first-order chi connectivity index (χ1) is 31.2. The molecule has 1 aromatic rings. The van der Waals surface area contributed by atoms with Gasteiger partial charge in [0.2, 0.25) is 0 Å². The first-order valence-electron chi connectivity index (χ1n) is 29.0. The quantitative estimate of drug-likeness (QED) is 0.0610. The van der Waals surface area contributed by atoms with Crippen molar-refractivity contribution >= 4 is 0 Å². The summed E-state index contributed by atoms with van der Waals surface area (Å²) in [5.74, 6) is 2.96. The van der Waals surface area contributed by atoms with E-state index in [1.165, 1.54) is 269 Å². The molecule has 4 heteroatoms. The Kier molecular flexibility index (Phi) is 40.7. The summed E-state index contributed by atoms with van der Waals surface area (Å²) in [4.78, 5) is 2.52. The number of nitrogens with zero attached hydrogens (tertiary/aromatic N) is 1. The molecular formula is C59H111NO3. The Hall–Kier alpha value is -1.42. The van der Waals surface area contributed by atoms with Crippen molar-refractivity contribution in [1.29, 1.82) is 0 Å². The molecule has 1 saturated heterocycles. The monoisotopic (exact) mass is 882 g/mol. The van der Waals surface area contributed by atoms with Crippen LogP contribution in [-0.4, -0.2) is 38.3 Å². The molecule has 0 aliphatic carbocycles. The van der Waals surface area contributed by atoms with Gasteiger partial charge >= 0.3 is 0 Å². The highest BCUT2D eigenvalue weighted by molar-refractivity contribution is 5.52. The predicted octanol–water partition coefficient (Wildman–Crippen LogP) is 20.0. The smallest absolute Gasteiger partial charge is 0.131 e. The number of benzene rings is 1. The Morgan fingerprint density at radius 2 is 0.619 bits per heavy atom. The molecule has 63 heavy (non-hydrogen) atoms. The third-order valence-electron chi connectivity index (χ3n) is 14.2. The fourth-order valence-electron chi connectivity index (χ4n) is 9.95. The lowest BCUT2D eigenvalue weighted by atomic mass is 10.0. The van der Waals surface area contributed by atoms with Gasteiger partial charge in [-0.1, -0.05) is 271 Å². The molecule has 1 heterocycles. The van der Waals surface area contributed by atoms with Gasteiger partial charge in [0.15, 0.2) is 0 Å². The van der Waals surface area contributed by atoms with E-state index in [2.05, 4.69) is 44.9 Å². The molecule has 2 rings (SSSR count). The fraction of sp³-hybridized carbons (Fsp3) is 0.898. The third kappa shape index (κ3) is 32.8. The van der Waals surface area contributed by atoms with Gasteiger partial charge in [-0.15, -0.1) is 0 Å². The first kappa shape index (κ1) is 57.7. The average molecular weight is 883 g/mol. The summed E-state index contributed by atoms with van der Waals surface area (Å²) >= 11 is 0. The third-order valence-corrected chi connectivity index (χ3v) is 14.2. The maximum atomic E-state index is 6.76. The molecule has 1 unspecified atom stereocenters. The topological polar surface area (TPSA) is 30.9 Å². The lowest BCUT2D eigenvalue weighted by Gasteiger charge is -2.26. The minimum absolute atomic E-state index is 0.350. The fourth-order valence-corrected chi connectivity index (χ4v) is 9.95. The van der Waals surface area contributed by atoms with E-state index in [0.29, 0.717) is 6.04 Å². The molecule has 0 aromatic heterocycles. The first-order valence-corrected chi connectivity index (χ1v) is 29.0. The van der Waals surface area contributed by atoms with Crippen molar-refractivity contribution in [3.8, 4) is 17.2 Å². The number of hydrogen-bond donors (Lipinski definition) is 0. The second kappa shape index (κ2) is 44.4. The van der Waals surface area contributed by atoms with Crippen LogP contribution in [0.5, 0.6) is 17.2 Å². The van der Waals surface area contributed by atoms with Crippen molar-refractivity contribution in [3.63, 3.8) is 0 Å². The molecule has 1 aromatic carbocycles. The zero-order chi connectivity index (χ0) is 44.9. The average Bonchev–Trinajstić information content (AvgIpc) is 3.72. The molecule has 1 fully saturated rings. The van der Waals surface area contributed by atoms with E-state index in [1.54, 1.807) is 0 Å². The summed E-state index contributed by atoms with van der Waals surface area (Å²) in [6.07, 6.45) is 60.3. The zero-order valence-electron chi connectivity index (χ0n) is 43.3. The van der Waals surface area contributed by atoms with Crippen LogP contribution in [0.25, 0.3) is 0 Å². The van der Waals surface area contributed by atoms with E-state index in [1.807, 2.05) is 0 Å². The lowest BCUT2D eigenvalue weighted by Crippen LogP contribution is -2.20. The van der Waals surface area contributed by atoms with Crippen molar-refractivity contribution in [3.05, 3.63) is 17.7 Å². The van der Waals surface area contributed by atoms with E-state index >= 15 is 0 Å². The number of ether oxygens (including phenoxy) is 3. The molecule has 0 N–H and O–H groups in total. The van der Waals surface area contributed by atoms with E-state index in [4.69, 9.17) is 14.2 Å². The van der Waals surface area contributed by atoms with Gasteiger partial charge in [0.05, 0.1) is 25.4 Å². The van der Waals surface area contributed by atoms with E-state index in [9.17, 15) is 0 Å². The van der Waals surface area contributed by atoms with Gasteiger partial charge in [-0.2, -0.15) is 0 Å². The number of likely N-dealkylation sites (tertiary alicyclic amines) is 1. The Balaban J connectivity index is 1.82. The Morgan fingerprint density at radius 1 is 0.365 bits per heavy atom. The van der Waals surface area contributed by atoms with Gasteiger partial charge in [-0.3, -0.25) is 4.90 Å². The maximum Gasteiger partial charge on any atom is 0.131 e. The molecule has 1 atom stereocenters. The van der Waals surface area contributed by atoms with Crippen LogP contribution in [0.3, 0.4) is 0 Å². The van der Waals surface area contributed by atoms with Crippen LogP contribution < -0.4 is 14.2 Å². The van der Waals surface area contributed by atoms with Crippen LogP contribution in [0.2, 0.25) is 0 Å². The molecule has 370 valence electrons. The van der Waals surface area contributed by atoms with Gasteiger partial charge in [-0.05, 0) is 45.7 Å². The summed E-state index contributed by atoms with van der Waals surface area (Å²) in [5.41, 5.74) is 1.27. The summed E-state index contributed by atoms with van der Waals surface area (Å²) in [6.45, 7) is 10.4. The molecular weight excluding hydrogens is 771 g/mol. The molecule has 0 bridgehead atoms. The molecule has 1 aliphatic rings. The van der Waals surface area contributed by atoms with Crippen molar-refractivity contribution in [2.24, 2.45) is 0 Å². The number of hydrogen-bond acceptors (Lipinski definition) is 4. The van der Waals surface area contributed by atoms with Crippen LogP contribution in [0, 0.1) is 0 Å². The van der Waals surface area contributed by atoms with Crippen LogP contribution >= 0.6 is 0 Å². The second-order valence-electron chi connectivity index (χ2n) is 20.3. The Labute approximate surface area is 395 Å². The lowest BCUT2D eigenvalue weighted by molar-refractivity contribution is 0.249. The van der Waals surface area contributed by atoms with Gasteiger partial charge in [0.1, 0.15) is 17.2 Å². The van der Waals surface area contributed by atoms with E-state index in [0.717, 1.165) is 62.9 Å². The summed E-state index contributed by atoms with van der Waals surface area (Å²) in [7, 11) is 2.28. The summed E-state index contributed by atoms with van der Waals surface area (Å²) in [5, 5.41) is 0. The largest absolute Gasteiger partial charge is 0.493 e. The molecule has 1 aliphatic heterocycles. The SMILES string of the molecule is CCCCCCCCCCCCCCCCOc1cc(OCCCCCCCCCCCCCCCC)c(C2CCCN2C)c(OCCCCCCCCCCCCCCCC)c1. The van der Waals surface area contributed by atoms with Gasteiger partial charge in [0.25, 0.3) is 0 Å². The zero-order valence-corrected chi connectivity index (χ0v) is 43.3. The van der Waals surface area contributed by atoms with Gasteiger partial charge < -0.3 is 14.2 Å². The minimum atomic E-state index is 0.350. The standard InChI is InChI=1S/C59H111NO3/c1-5-8-11-14-17-20-23-26-29-32-35-38-41-44-50-61-55-53-57(62-51-45-42-39-36-33-30-27-24-21-18-15-12-9-6-2)59(56-48-47-49-60(56)4)58(54-55)63-52-46-43-40-37-34-31-28-25-22-19-16-13-10-7-3/h53-54,56H,5-52H2,1-4H3.